The first-order valence-electron chi connectivity index (χ1n) is 5.53. The van der Waals surface area contributed by atoms with Crippen molar-refractivity contribution in [3.63, 3.8) is 0 Å². The summed E-state index contributed by atoms with van der Waals surface area (Å²) in [7, 11) is 0. The highest BCUT2D eigenvalue weighted by atomic mass is 79.9. The summed E-state index contributed by atoms with van der Waals surface area (Å²) in [6.07, 6.45) is -5.38. The molecular formula is C12H14BrF3N2O. The second-order valence-corrected chi connectivity index (χ2v) is 5.28. The van der Waals surface area contributed by atoms with Crippen LogP contribution in [0.15, 0.2) is 16.6 Å². The first kappa shape index (κ1) is 15.8. The summed E-state index contributed by atoms with van der Waals surface area (Å²) in [4.78, 5) is 11.9. The molecule has 1 atom stereocenters. The molecule has 1 amide bonds. The maximum absolute atomic E-state index is 12.2. The Kier molecular flexibility index (Phi) is 4.84. The third-order valence-corrected chi connectivity index (χ3v) is 3.03. The molecule has 3 N–H and O–H groups in total. The van der Waals surface area contributed by atoms with Gasteiger partial charge in [-0.2, -0.15) is 13.2 Å². The topological polar surface area (TPSA) is 55.1 Å². The zero-order valence-electron chi connectivity index (χ0n) is 10.4. The summed E-state index contributed by atoms with van der Waals surface area (Å²) >= 11 is 3.19. The zero-order valence-corrected chi connectivity index (χ0v) is 12.0. The summed E-state index contributed by atoms with van der Waals surface area (Å²) in [5.74, 6) is -0.567. The second kappa shape index (κ2) is 5.81. The molecule has 1 unspecified atom stereocenters. The summed E-state index contributed by atoms with van der Waals surface area (Å²) < 4.78 is 37.2. The van der Waals surface area contributed by atoms with Crippen LogP contribution < -0.4 is 11.1 Å². The van der Waals surface area contributed by atoms with Gasteiger partial charge in [0.1, 0.15) is 0 Å². The molecule has 0 spiro atoms. The van der Waals surface area contributed by atoms with Gasteiger partial charge in [-0.1, -0.05) is 15.9 Å². The van der Waals surface area contributed by atoms with Crippen LogP contribution in [0.1, 0.15) is 29.3 Å². The fourth-order valence-corrected chi connectivity index (χ4v) is 2.11. The van der Waals surface area contributed by atoms with Gasteiger partial charge in [0.15, 0.2) is 0 Å². The molecule has 7 heteroatoms. The van der Waals surface area contributed by atoms with Crippen LogP contribution in [0.4, 0.5) is 18.9 Å². The van der Waals surface area contributed by atoms with Crippen LogP contribution in [0.2, 0.25) is 0 Å². The first-order valence-corrected chi connectivity index (χ1v) is 6.32. The summed E-state index contributed by atoms with van der Waals surface area (Å²) in [5.41, 5.74) is 6.91. The van der Waals surface area contributed by atoms with Crippen LogP contribution in [0.3, 0.4) is 0 Å². The van der Waals surface area contributed by atoms with E-state index in [1.54, 1.807) is 13.0 Å². The molecule has 0 saturated carbocycles. The Bertz CT molecular complexity index is 489. The molecule has 106 valence electrons. The van der Waals surface area contributed by atoms with E-state index < -0.39 is 24.5 Å². The molecule has 0 heterocycles. The van der Waals surface area contributed by atoms with Crippen LogP contribution >= 0.6 is 15.9 Å². The van der Waals surface area contributed by atoms with E-state index in [1.165, 1.54) is 13.0 Å². The van der Waals surface area contributed by atoms with Crippen molar-refractivity contribution in [1.82, 2.24) is 5.32 Å². The number of nitrogens with two attached hydrogens (primary N) is 1. The second-order valence-electron chi connectivity index (χ2n) is 4.36. The van der Waals surface area contributed by atoms with Crippen molar-refractivity contribution >= 4 is 27.5 Å². The van der Waals surface area contributed by atoms with Gasteiger partial charge in [-0.25, -0.2) is 0 Å². The Balaban J connectivity index is 2.85. The number of nitrogens with one attached hydrogen (secondary N) is 1. The van der Waals surface area contributed by atoms with E-state index in [0.717, 1.165) is 0 Å². The lowest BCUT2D eigenvalue weighted by molar-refractivity contribution is -0.138. The van der Waals surface area contributed by atoms with E-state index in [4.69, 9.17) is 5.73 Å². The summed E-state index contributed by atoms with van der Waals surface area (Å²) in [6, 6.07) is 2.17. The Morgan fingerprint density at radius 1 is 1.47 bits per heavy atom. The highest BCUT2D eigenvalue weighted by Crippen LogP contribution is 2.24. The molecule has 1 aromatic rings. The lowest BCUT2D eigenvalue weighted by Gasteiger charge is -2.17. The Hall–Kier alpha value is -1.24. The maximum atomic E-state index is 12.2. The Morgan fingerprint density at radius 2 is 2.05 bits per heavy atom. The van der Waals surface area contributed by atoms with Crippen molar-refractivity contribution in [2.75, 3.05) is 5.73 Å². The number of benzene rings is 1. The molecule has 3 nitrogen and oxygen atoms in total. The number of halogens is 4. The molecule has 19 heavy (non-hydrogen) atoms. The van der Waals surface area contributed by atoms with Crippen molar-refractivity contribution in [1.29, 1.82) is 0 Å². The number of carbonyl (C=O) groups is 1. The van der Waals surface area contributed by atoms with Crippen LogP contribution in [0, 0.1) is 6.92 Å². The molecular weight excluding hydrogens is 325 g/mol. The van der Waals surface area contributed by atoms with Gasteiger partial charge in [-0.05, 0) is 31.5 Å². The number of anilines is 1. The summed E-state index contributed by atoms with van der Waals surface area (Å²) in [6.45, 7) is 2.95. The minimum absolute atomic E-state index is 0.265. The third-order valence-electron chi connectivity index (χ3n) is 2.57. The van der Waals surface area contributed by atoms with Crippen molar-refractivity contribution in [3.8, 4) is 0 Å². The molecule has 0 fully saturated rings. The minimum atomic E-state index is -4.31. The largest absolute Gasteiger partial charge is 0.398 e. The average Bonchev–Trinajstić information content (AvgIpc) is 2.20. The predicted octanol–water partition coefficient (Wildman–Crippen LogP) is 3.41. The molecule has 1 rings (SSSR count). The fraction of sp³-hybridized carbons (Fsp3) is 0.417. The van der Waals surface area contributed by atoms with Gasteiger partial charge < -0.3 is 11.1 Å². The molecule has 0 bridgehead atoms. The molecule has 0 aliphatic heterocycles. The van der Waals surface area contributed by atoms with E-state index >= 15 is 0 Å². The number of hydrogen-bond donors (Lipinski definition) is 2. The van der Waals surface area contributed by atoms with Gasteiger partial charge in [0, 0.05) is 21.8 Å². The number of amides is 1. The van der Waals surface area contributed by atoms with E-state index in [1.807, 2.05) is 0 Å². The smallest absolute Gasteiger partial charge is 0.391 e. The molecule has 1 aromatic carbocycles. The maximum Gasteiger partial charge on any atom is 0.391 e. The van der Waals surface area contributed by atoms with Crippen LogP contribution in [-0.4, -0.2) is 18.1 Å². The SMILES string of the molecule is Cc1c(N)cc(Br)cc1C(=O)NC(C)CC(F)(F)F. The molecule has 0 aromatic heterocycles. The van der Waals surface area contributed by atoms with Crippen molar-refractivity contribution in [2.45, 2.75) is 32.5 Å². The molecule has 0 aliphatic carbocycles. The lowest BCUT2D eigenvalue weighted by atomic mass is 10.1. The van der Waals surface area contributed by atoms with Crippen LogP contribution in [-0.2, 0) is 0 Å². The van der Waals surface area contributed by atoms with Crippen molar-refractivity contribution < 1.29 is 18.0 Å². The van der Waals surface area contributed by atoms with E-state index in [-0.39, 0.29) is 5.56 Å². The van der Waals surface area contributed by atoms with Gasteiger partial charge in [0.05, 0.1) is 6.42 Å². The van der Waals surface area contributed by atoms with Gasteiger partial charge >= 0.3 is 6.18 Å². The van der Waals surface area contributed by atoms with Gasteiger partial charge in [-0.15, -0.1) is 0 Å². The zero-order chi connectivity index (χ0) is 14.8. The molecule has 0 saturated heterocycles. The third kappa shape index (κ3) is 4.74. The van der Waals surface area contributed by atoms with Gasteiger partial charge in [0.25, 0.3) is 5.91 Å². The highest BCUT2D eigenvalue weighted by molar-refractivity contribution is 9.10. The van der Waals surface area contributed by atoms with Gasteiger partial charge in [0.2, 0.25) is 0 Å². The molecule has 0 aliphatic rings. The standard InChI is InChI=1S/C12H14BrF3N2O/c1-6(5-12(14,15)16)18-11(19)9-3-8(13)4-10(17)7(9)2/h3-4,6H,5,17H2,1-2H3,(H,18,19). The van der Waals surface area contributed by atoms with Gasteiger partial charge in [-0.3, -0.25) is 4.79 Å². The average molecular weight is 339 g/mol. The number of nitrogen functional groups attached to an aromatic ring is 1. The van der Waals surface area contributed by atoms with Crippen molar-refractivity contribution in [3.05, 3.63) is 27.7 Å². The quantitative estimate of drug-likeness (QED) is 0.830. The van der Waals surface area contributed by atoms with Crippen molar-refractivity contribution in [2.24, 2.45) is 0 Å². The van der Waals surface area contributed by atoms with Crippen LogP contribution in [0.25, 0.3) is 0 Å². The predicted molar refractivity (Wildman–Crippen MR) is 70.9 cm³/mol. The normalized spacial score (nSPS) is 13.2. The minimum Gasteiger partial charge on any atom is -0.398 e. The summed E-state index contributed by atoms with van der Waals surface area (Å²) in [5, 5.41) is 2.31. The van der Waals surface area contributed by atoms with Crippen LogP contribution in [0.5, 0.6) is 0 Å². The first-order chi connectivity index (χ1) is 8.60. The van der Waals surface area contributed by atoms with E-state index in [2.05, 4.69) is 21.2 Å². The van der Waals surface area contributed by atoms with E-state index in [0.29, 0.717) is 15.7 Å². The number of rotatable bonds is 3. The fourth-order valence-electron chi connectivity index (χ4n) is 1.64. The Morgan fingerprint density at radius 3 is 2.58 bits per heavy atom. The highest BCUT2D eigenvalue weighted by Gasteiger charge is 2.30. The number of alkyl halides is 3. The number of carbonyl (C=O) groups excluding carboxylic acids is 1. The monoisotopic (exact) mass is 338 g/mol. The lowest BCUT2D eigenvalue weighted by Crippen LogP contribution is -2.36. The number of hydrogen-bond acceptors (Lipinski definition) is 2. The molecule has 0 radical (unpaired) electrons. The Labute approximate surface area is 117 Å². The van der Waals surface area contributed by atoms with E-state index in [9.17, 15) is 18.0 Å².